The highest BCUT2D eigenvalue weighted by Gasteiger charge is 2.06. The van der Waals surface area contributed by atoms with Crippen molar-refractivity contribution in [2.24, 2.45) is 0 Å². The van der Waals surface area contributed by atoms with E-state index in [2.05, 4.69) is 21.0 Å². The van der Waals surface area contributed by atoms with E-state index in [-0.39, 0.29) is 5.82 Å². The summed E-state index contributed by atoms with van der Waals surface area (Å²) in [4.78, 5) is 0. The third-order valence-corrected chi connectivity index (χ3v) is 3.21. The Labute approximate surface area is 114 Å². The summed E-state index contributed by atoms with van der Waals surface area (Å²) in [5.41, 5.74) is 1.94. The summed E-state index contributed by atoms with van der Waals surface area (Å²) in [7, 11) is 0. The molecular formula is C13H14BrFN2O. The summed E-state index contributed by atoms with van der Waals surface area (Å²) in [6, 6.07) is 6.70. The fourth-order valence-corrected chi connectivity index (χ4v) is 1.96. The molecule has 0 spiro atoms. The van der Waals surface area contributed by atoms with Gasteiger partial charge in [-0.3, -0.25) is 4.68 Å². The van der Waals surface area contributed by atoms with Crippen LogP contribution in [-0.4, -0.2) is 9.78 Å². The molecule has 0 bridgehead atoms. The number of halogens is 2. The minimum absolute atomic E-state index is 0.326. The number of nitrogens with zero attached hydrogens (tertiary/aromatic N) is 2. The molecule has 0 unspecified atom stereocenters. The maximum Gasteiger partial charge on any atom is 0.141 e. The van der Waals surface area contributed by atoms with Gasteiger partial charge in [-0.2, -0.15) is 5.10 Å². The number of ether oxygens (including phenoxy) is 1. The van der Waals surface area contributed by atoms with Gasteiger partial charge in [0, 0.05) is 12.6 Å². The van der Waals surface area contributed by atoms with Gasteiger partial charge in [0.05, 0.1) is 15.9 Å². The van der Waals surface area contributed by atoms with Crippen molar-refractivity contribution >= 4 is 15.9 Å². The lowest BCUT2D eigenvalue weighted by Crippen LogP contribution is -2.06. The van der Waals surface area contributed by atoms with Gasteiger partial charge in [0.25, 0.3) is 0 Å². The third-order valence-electron chi connectivity index (χ3n) is 2.56. The van der Waals surface area contributed by atoms with E-state index in [0.29, 0.717) is 16.8 Å². The predicted octanol–water partition coefficient (Wildman–Crippen LogP) is 3.69. The van der Waals surface area contributed by atoms with Crippen molar-refractivity contribution in [3.8, 4) is 5.75 Å². The standard InChI is InChI=1S/C13H14BrFN2O/c1-3-17-10(6-9(2)16-17)8-18-11-4-5-12(14)13(15)7-11/h4-7H,3,8H2,1-2H3. The topological polar surface area (TPSA) is 27.1 Å². The normalized spacial score (nSPS) is 10.7. The number of hydrogen-bond donors (Lipinski definition) is 0. The first-order chi connectivity index (χ1) is 8.60. The van der Waals surface area contributed by atoms with E-state index in [1.807, 2.05) is 24.6 Å². The van der Waals surface area contributed by atoms with Crippen LogP contribution in [0.1, 0.15) is 18.3 Å². The first-order valence-corrected chi connectivity index (χ1v) is 6.50. The van der Waals surface area contributed by atoms with Crippen LogP contribution >= 0.6 is 15.9 Å². The molecule has 0 N–H and O–H groups in total. The second kappa shape index (κ2) is 5.52. The Bertz CT molecular complexity index is 554. The van der Waals surface area contributed by atoms with Crippen molar-refractivity contribution in [3.05, 3.63) is 45.9 Å². The molecule has 0 aliphatic carbocycles. The summed E-state index contributed by atoms with van der Waals surface area (Å²) in [6.07, 6.45) is 0. The highest BCUT2D eigenvalue weighted by Crippen LogP contribution is 2.21. The maximum absolute atomic E-state index is 13.3. The maximum atomic E-state index is 13.3. The lowest BCUT2D eigenvalue weighted by atomic mass is 10.3. The molecule has 0 saturated heterocycles. The monoisotopic (exact) mass is 312 g/mol. The van der Waals surface area contributed by atoms with Gasteiger partial charge >= 0.3 is 0 Å². The van der Waals surface area contributed by atoms with E-state index in [4.69, 9.17) is 4.74 Å². The molecule has 96 valence electrons. The Morgan fingerprint density at radius 2 is 2.17 bits per heavy atom. The molecule has 5 heteroatoms. The molecule has 0 amide bonds. The van der Waals surface area contributed by atoms with Crippen molar-refractivity contribution in [3.63, 3.8) is 0 Å². The average Bonchev–Trinajstić information content (AvgIpc) is 2.71. The molecule has 0 saturated carbocycles. The van der Waals surface area contributed by atoms with Gasteiger partial charge in [-0.15, -0.1) is 0 Å². The molecule has 18 heavy (non-hydrogen) atoms. The zero-order valence-corrected chi connectivity index (χ0v) is 11.9. The molecule has 0 aliphatic rings. The molecule has 2 rings (SSSR count). The Balaban J connectivity index is 2.08. The van der Waals surface area contributed by atoms with Crippen LogP contribution in [0.5, 0.6) is 5.75 Å². The average molecular weight is 313 g/mol. The molecular weight excluding hydrogens is 299 g/mol. The van der Waals surface area contributed by atoms with E-state index >= 15 is 0 Å². The van der Waals surface area contributed by atoms with Crippen LogP contribution < -0.4 is 4.74 Å². The molecule has 0 atom stereocenters. The second-order valence-corrected chi connectivity index (χ2v) is 4.81. The van der Waals surface area contributed by atoms with Crippen molar-refractivity contribution < 1.29 is 9.13 Å². The Morgan fingerprint density at radius 1 is 1.39 bits per heavy atom. The van der Waals surface area contributed by atoms with Crippen molar-refractivity contribution in [2.75, 3.05) is 0 Å². The minimum atomic E-state index is -0.326. The lowest BCUT2D eigenvalue weighted by molar-refractivity contribution is 0.291. The Kier molecular flexibility index (Phi) is 4.01. The van der Waals surface area contributed by atoms with Gasteiger partial charge in [-0.05, 0) is 48.0 Å². The first kappa shape index (κ1) is 13.1. The molecule has 0 aliphatic heterocycles. The first-order valence-electron chi connectivity index (χ1n) is 5.71. The van der Waals surface area contributed by atoms with Crippen molar-refractivity contribution in [2.45, 2.75) is 27.0 Å². The van der Waals surface area contributed by atoms with Gasteiger partial charge in [0.15, 0.2) is 0 Å². The zero-order valence-electron chi connectivity index (χ0n) is 10.3. The lowest BCUT2D eigenvalue weighted by Gasteiger charge is -2.08. The van der Waals surface area contributed by atoms with Crippen LogP contribution in [0.2, 0.25) is 0 Å². The fraction of sp³-hybridized carbons (Fsp3) is 0.308. The molecule has 3 nitrogen and oxygen atoms in total. The summed E-state index contributed by atoms with van der Waals surface area (Å²) in [6.45, 7) is 5.14. The summed E-state index contributed by atoms with van der Waals surface area (Å²) >= 11 is 3.11. The van der Waals surface area contributed by atoms with Crippen molar-refractivity contribution in [1.82, 2.24) is 9.78 Å². The van der Waals surface area contributed by atoms with Crippen LogP contribution in [-0.2, 0) is 13.2 Å². The zero-order chi connectivity index (χ0) is 13.1. The number of aromatic nitrogens is 2. The van der Waals surface area contributed by atoms with Gasteiger partial charge < -0.3 is 4.74 Å². The number of rotatable bonds is 4. The summed E-state index contributed by atoms with van der Waals surface area (Å²) < 4.78 is 21.2. The Morgan fingerprint density at radius 3 is 2.83 bits per heavy atom. The van der Waals surface area contributed by atoms with Crippen LogP contribution in [0.25, 0.3) is 0 Å². The molecule has 0 fully saturated rings. The van der Waals surface area contributed by atoms with Gasteiger partial charge in [-0.25, -0.2) is 4.39 Å². The minimum Gasteiger partial charge on any atom is -0.487 e. The van der Waals surface area contributed by atoms with Crippen LogP contribution in [0.4, 0.5) is 4.39 Å². The summed E-state index contributed by atoms with van der Waals surface area (Å²) in [5, 5.41) is 4.33. The van der Waals surface area contributed by atoms with Gasteiger partial charge in [-0.1, -0.05) is 0 Å². The molecule has 0 radical (unpaired) electrons. The highest BCUT2D eigenvalue weighted by molar-refractivity contribution is 9.10. The third kappa shape index (κ3) is 2.90. The van der Waals surface area contributed by atoms with Crippen molar-refractivity contribution in [1.29, 1.82) is 0 Å². The molecule has 1 aromatic carbocycles. The van der Waals surface area contributed by atoms with E-state index in [1.165, 1.54) is 6.07 Å². The van der Waals surface area contributed by atoms with E-state index in [0.717, 1.165) is 17.9 Å². The van der Waals surface area contributed by atoms with E-state index in [9.17, 15) is 4.39 Å². The smallest absolute Gasteiger partial charge is 0.141 e. The Hall–Kier alpha value is -1.36. The number of benzene rings is 1. The predicted molar refractivity (Wildman–Crippen MR) is 71.1 cm³/mol. The van der Waals surface area contributed by atoms with Crippen LogP contribution in [0, 0.1) is 12.7 Å². The quantitative estimate of drug-likeness (QED) is 0.861. The molecule has 1 heterocycles. The second-order valence-electron chi connectivity index (χ2n) is 3.96. The van der Waals surface area contributed by atoms with Gasteiger partial charge in [0.2, 0.25) is 0 Å². The number of aryl methyl sites for hydroxylation is 2. The molecule has 1 aromatic heterocycles. The van der Waals surface area contributed by atoms with Crippen LogP contribution in [0.3, 0.4) is 0 Å². The largest absolute Gasteiger partial charge is 0.487 e. The van der Waals surface area contributed by atoms with Crippen LogP contribution in [0.15, 0.2) is 28.7 Å². The fourth-order valence-electron chi connectivity index (χ4n) is 1.71. The highest BCUT2D eigenvalue weighted by atomic mass is 79.9. The summed E-state index contributed by atoms with van der Waals surface area (Å²) in [5.74, 6) is 0.185. The SMILES string of the molecule is CCn1nc(C)cc1COc1ccc(Br)c(F)c1. The molecule has 2 aromatic rings. The van der Waals surface area contributed by atoms with E-state index in [1.54, 1.807) is 12.1 Å². The van der Waals surface area contributed by atoms with E-state index < -0.39 is 0 Å². The number of hydrogen-bond acceptors (Lipinski definition) is 2. The van der Waals surface area contributed by atoms with Gasteiger partial charge in [0.1, 0.15) is 18.2 Å².